The summed E-state index contributed by atoms with van der Waals surface area (Å²) in [6.45, 7) is 4.16. The van der Waals surface area contributed by atoms with Gasteiger partial charge in [-0.1, -0.05) is 66.7 Å². The van der Waals surface area contributed by atoms with E-state index in [0.29, 0.717) is 12.1 Å². The van der Waals surface area contributed by atoms with Crippen molar-refractivity contribution in [2.75, 3.05) is 19.6 Å². The Morgan fingerprint density at radius 3 is 1.90 bits per heavy atom. The Kier molecular flexibility index (Phi) is 7.85. The third-order valence-corrected chi connectivity index (χ3v) is 5.34. The first kappa shape index (κ1) is 21.8. The average Bonchev–Trinajstić information content (AvgIpc) is 2.78. The van der Waals surface area contributed by atoms with E-state index in [2.05, 4.69) is 59.2 Å². The number of hydrogen-bond acceptors (Lipinski definition) is 5. The largest absolute Gasteiger partial charge is 0.504 e. The van der Waals surface area contributed by atoms with Gasteiger partial charge in [0, 0.05) is 31.6 Å². The van der Waals surface area contributed by atoms with Crippen LogP contribution in [0.25, 0.3) is 0 Å². The molecule has 3 aromatic carbocycles. The lowest BCUT2D eigenvalue weighted by Gasteiger charge is -2.22. The smallest absolute Gasteiger partial charge is 0.157 e. The van der Waals surface area contributed by atoms with Gasteiger partial charge in [-0.25, -0.2) is 0 Å². The molecule has 0 aromatic heterocycles. The predicted octanol–water partition coefficient (Wildman–Crippen LogP) is 3.53. The second-order valence-corrected chi connectivity index (χ2v) is 7.51. The molecule has 0 saturated carbocycles. The van der Waals surface area contributed by atoms with Crippen molar-refractivity contribution in [3.63, 3.8) is 0 Å². The molecule has 0 bridgehead atoms. The zero-order valence-corrected chi connectivity index (χ0v) is 17.2. The van der Waals surface area contributed by atoms with Crippen molar-refractivity contribution in [1.29, 1.82) is 0 Å². The Labute approximate surface area is 178 Å². The molecule has 0 spiro atoms. The highest BCUT2D eigenvalue weighted by molar-refractivity contribution is 5.41. The molecule has 0 aliphatic heterocycles. The van der Waals surface area contributed by atoms with Crippen LogP contribution < -0.4 is 10.6 Å². The number of phenols is 2. The minimum atomic E-state index is -0.780. The Morgan fingerprint density at radius 1 is 0.733 bits per heavy atom. The molecule has 0 saturated heterocycles. The lowest BCUT2D eigenvalue weighted by Crippen LogP contribution is -2.38. The van der Waals surface area contributed by atoms with Crippen LogP contribution in [0.15, 0.2) is 78.9 Å². The molecule has 3 aromatic rings. The maximum absolute atomic E-state index is 10.5. The summed E-state index contributed by atoms with van der Waals surface area (Å²) in [5.41, 5.74) is 3.12. The first-order chi connectivity index (χ1) is 14.6. The molecule has 0 amide bonds. The summed E-state index contributed by atoms with van der Waals surface area (Å²) in [6, 6.07) is 25.1. The van der Waals surface area contributed by atoms with Gasteiger partial charge < -0.3 is 26.0 Å². The number of nitrogens with one attached hydrogen (secondary N) is 2. The lowest BCUT2D eigenvalue weighted by atomic mass is 9.91. The van der Waals surface area contributed by atoms with Gasteiger partial charge in [0.05, 0.1) is 6.10 Å². The van der Waals surface area contributed by atoms with E-state index in [1.54, 1.807) is 6.07 Å². The van der Waals surface area contributed by atoms with Crippen LogP contribution in [0.1, 0.15) is 35.6 Å². The van der Waals surface area contributed by atoms with Crippen LogP contribution in [0.2, 0.25) is 0 Å². The van der Waals surface area contributed by atoms with Crippen LogP contribution in [-0.2, 0) is 0 Å². The number of aromatic hydroxyl groups is 2. The SMILES string of the molecule is CC(NCCNCC(c1ccccc1)c1ccccc1)C(O)c1ccc(O)c(O)c1. The minimum Gasteiger partial charge on any atom is -0.504 e. The summed E-state index contributed by atoms with van der Waals surface area (Å²) in [4.78, 5) is 0. The zero-order chi connectivity index (χ0) is 21.3. The monoisotopic (exact) mass is 406 g/mol. The van der Waals surface area contributed by atoms with E-state index in [9.17, 15) is 15.3 Å². The molecule has 3 rings (SSSR count). The summed E-state index contributed by atoms with van der Waals surface area (Å²) in [6.07, 6.45) is -0.780. The highest BCUT2D eigenvalue weighted by Gasteiger charge is 2.17. The fraction of sp³-hybridized carbons (Fsp3) is 0.280. The number of hydrogen-bond donors (Lipinski definition) is 5. The van der Waals surface area contributed by atoms with Crippen molar-refractivity contribution in [3.8, 4) is 11.5 Å². The third kappa shape index (κ3) is 5.83. The lowest BCUT2D eigenvalue weighted by molar-refractivity contribution is 0.136. The molecule has 2 atom stereocenters. The Bertz CT molecular complexity index is 863. The standard InChI is InChI=1S/C25H30N2O3/c1-18(25(30)21-12-13-23(28)24(29)16-21)27-15-14-26-17-22(19-8-4-2-5-9-19)20-10-6-3-7-11-20/h2-13,16,18,22,25-30H,14-15,17H2,1H3. The second kappa shape index (κ2) is 10.8. The normalized spacial score (nSPS) is 13.3. The molecule has 0 aliphatic rings. The van der Waals surface area contributed by atoms with Crippen LogP contribution in [0, 0.1) is 0 Å². The van der Waals surface area contributed by atoms with Crippen LogP contribution in [0.3, 0.4) is 0 Å². The molecule has 30 heavy (non-hydrogen) atoms. The summed E-state index contributed by atoms with van der Waals surface area (Å²) >= 11 is 0. The van der Waals surface area contributed by atoms with Gasteiger partial charge in [0.1, 0.15) is 0 Å². The summed E-state index contributed by atoms with van der Waals surface area (Å²) in [7, 11) is 0. The molecule has 0 aliphatic carbocycles. The molecular weight excluding hydrogens is 376 g/mol. The zero-order valence-electron chi connectivity index (χ0n) is 17.2. The quantitative estimate of drug-likeness (QED) is 0.263. The van der Waals surface area contributed by atoms with E-state index in [1.807, 2.05) is 19.1 Å². The number of phenolic OH excluding ortho intramolecular Hbond substituents is 2. The Balaban J connectivity index is 1.49. The van der Waals surface area contributed by atoms with Crippen LogP contribution in [0.5, 0.6) is 11.5 Å². The highest BCUT2D eigenvalue weighted by Crippen LogP contribution is 2.29. The fourth-order valence-corrected chi connectivity index (χ4v) is 3.56. The van der Waals surface area contributed by atoms with Crippen molar-refractivity contribution >= 4 is 0 Å². The maximum Gasteiger partial charge on any atom is 0.157 e. The Hall–Kier alpha value is -2.86. The molecule has 5 nitrogen and oxygen atoms in total. The van der Waals surface area contributed by atoms with Gasteiger partial charge in [0.15, 0.2) is 11.5 Å². The number of aliphatic hydroxyl groups is 1. The average molecular weight is 407 g/mol. The Morgan fingerprint density at radius 2 is 1.33 bits per heavy atom. The van der Waals surface area contributed by atoms with Gasteiger partial charge in [0.25, 0.3) is 0 Å². The number of aliphatic hydroxyl groups excluding tert-OH is 1. The fourth-order valence-electron chi connectivity index (χ4n) is 3.56. The van der Waals surface area contributed by atoms with E-state index in [0.717, 1.165) is 13.1 Å². The van der Waals surface area contributed by atoms with Gasteiger partial charge in [-0.3, -0.25) is 0 Å². The number of rotatable bonds is 10. The molecule has 2 unspecified atom stereocenters. The molecule has 0 radical (unpaired) electrons. The van der Waals surface area contributed by atoms with Crippen LogP contribution in [-0.4, -0.2) is 41.0 Å². The second-order valence-electron chi connectivity index (χ2n) is 7.51. The van der Waals surface area contributed by atoms with Gasteiger partial charge in [-0.15, -0.1) is 0 Å². The predicted molar refractivity (Wildman–Crippen MR) is 120 cm³/mol. The van der Waals surface area contributed by atoms with Gasteiger partial charge in [0.2, 0.25) is 0 Å². The van der Waals surface area contributed by atoms with Crippen LogP contribution >= 0.6 is 0 Å². The van der Waals surface area contributed by atoms with E-state index < -0.39 is 6.10 Å². The molecular formula is C25H30N2O3. The topological polar surface area (TPSA) is 84.8 Å². The van der Waals surface area contributed by atoms with Crippen molar-refractivity contribution < 1.29 is 15.3 Å². The van der Waals surface area contributed by atoms with Gasteiger partial charge in [-0.05, 0) is 35.7 Å². The van der Waals surface area contributed by atoms with E-state index >= 15 is 0 Å². The summed E-state index contributed by atoms with van der Waals surface area (Å²) in [5.74, 6) is -0.147. The van der Waals surface area contributed by atoms with Crippen molar-refractivity contribution in [2.24, 2.45) is 0 Å². The maximum atomic E-state index is 10.5. The highest BCUT2D eigenvalue weighted by atomic mass is 16.3. The first-order valence-corrected chi connectivity index (χ1v) is 10.3. The van der Waals surface area contributed by atoms with E-state index in [4.69, 9.17) is 0 Å². The summed E-state index contributed by atoms with van der Waals surface area (Å²) < 4.78 is 0. The molecule has 0 fully saturated rings. The molecule has 5 N–H and O–H groups in total. The van der Waals surface area contributed by atoms with Crippen molar-refractivity contribution in [3.05, 3.63) is 95.6 Å². The van der Waals surface area contributed by atoms with E-state index in [1.165, 1.54) is 23.3 Å². The minimum absolute atomic E-state index is 0.192. The van der Waals surface area contributed by atoms with Crippen molar-refractivity contribution in [1.82, 2.24) is 10.6 Å². The van der Waals surface area contributed by atoms with Crippen molar-refractivity contribution in [2.45, 2.75) is 25.0 Å². The third-order valence-electron chi connectivity index (χ3n) is 5.34. The molecule has 0 heterocycles. The molecule has 5 heteroatoms. The number of benzene rings is 3. The molecule has 158 valence electrons. The first-order valence-electron chi connectivity index (χ1n) is 10.3. The van der Waals surface area contributed by atoms with Gasteiger partial charge in [-0.2, -0.15) is 0 Å². The van der Waals surface area contributed by atoms with Gasteiger partial charge >= 0.3 is 0 Å². The van der Waals surface area contributed by atoms with Crippen LogP contribution in [0.4, 0.5) is 0 Å². The summed E-state index contributed by atoms with van der Waals surface area (Å²) in [5, 5.41) is 36.3. The van der Waals surface area contributed by atoms with E-state index in [-0.39, 0.29) is 23.5 Å².